The number of hydrogen-bond donors (Lipinski definition) is 0. The molecule has 2 aliphatic rings. The molecule has 2 fully saturated rings. The zero-order valence-corrected chi connectivity index (χ0v) is 14.1. The van der Waals surface area contributed by atoms with Crippen LogP contribution < -0.4 is 4.90 Å². The number of carbonyl (C=O) groups excluding carboxylic acids is 2. The Kier molecular flexibility index (Phi) is 3.98. The van der Waals surface area contributed by atoms with Crippen molar-refractivity contribution in [1.82, 2.24) is 4.90 Å². The number of hydrogen-bond acceptors (Lipinski definition) is 2. The van der Waals surface area contributed by atoms with E-state index >= 15 is 0 Å². The molecular formula is C20H18F2N2O2. The van der Waals surface area contributed by atoms with Crippen molar-refractivity contribution in [2.45, 2.75) is 12.8 Å². The number of carbonyl (C=O) groups is 2. The van der Waals surface area contributed by atoms with E-state index in [1.165, 1.54) is 36.4 Å². The van der Waals surface area contributed by atoms with Crippen molar-refractivity contribution in [1.29, 1.82) is 0 Å². The van der Waals surface area contributed by atoms with Crippen molar-refractivity contribution in [3.63, 3.8) is 0 Å². The third-order valence-electron chi connectivity index (χ3n) is 5.28. The monoisotopic (exact) mass is 356 g/mol. The summed E-state index contributed by atoms with van der Waals surface area (Å²) in [6, 6.07) is 11.4. The summed E-state index contributed by atoms with van der Waals surface area (Å²) in [4.78, 5) is 28.5. The Hall–Kier alpha value is -2.76. The maximum absolute atomic E-state index is 13.1. The summed E-state index contributed by atoms with van der Waals surface area (Å²) in [5.41, 5.74) is 0.848. The first-order valence-corrected chi connectivity index (χ1v) is 8.57. The van der Waals surface area contributed by atoms with Gasteiger partial charge in [-0.25, -0.2) is 8.78 Å². The Bertz CT molecular complexity index is 851. The van der Waals surface area contributed by atoms with Gasteiger partial charge in [0.25, 0.3) is 5.91 Å². The van der Waals surface area contributed by atoms with Crippen LogP contribution in [0.15, 0.2) is 48.5 Å². The quantitative estimate of drug-likeness (QED) is 0.829. The molecule has 4 nitrogen and oxygen atoms in total. The summed E-state index contributed by atoms with van der Waals surface area (Å²) < 4.78 is 26.2. The molecule has 0 radical (unpaired) electrons. The molecule has 2 aromatic carbocycles. The van der Waals surface area contributed by atoms with Crippen molar-refractivity contribution in [3.05, 3.63) is 65.7 Å². The van der Waals surface area contributed by atoms with Crippen LogP contribution in [0.3, 0.4) is 0 Å². The average molecular weight is 356 g/mol. The van der Waals surface area contributed by atoms with Crippen LogP contribution in [0.1, 0.15) is 23.2 Å². The van der Waals surface area contributed by atoms with Crippen LogP contribution in [0.4, 0.5) is 14.5 Å². The van der Waals surface area contributed by atoms with Gasteiger partial charge in [-0.15, -0.1) is 0 Å². The lowest BCUT2D eigenvalue weighted by Gasteiger charge is -2.24. The molecule has 0 unspecified atom stereocenters. The van der Waals surface area contributed by atoms with E-state index < -0.39 is 0 Å². The van der Waals surface area contributed by atoms with Crippen molar-refractivity contribution in [2.75, 3.05) is 24.5 Å². The van der Waals surface area contributed by atoms with Gasteiger partial charge in [0.2, 0.25) is 5.91 Å². The minimum Gasteiger partial charge on any atom is -0.338 e. The number of anilines is 1. The molecule has 26 heavy (non-hydrogen) atoms. The highest BCUT2D eigenvalue weighted by molar-refractivity contribution is 5.97. The lowest BCUT2D eigenvalue weighted by atomic mass is 9.86. The van der Waals surface area contributed by atoms with E-state index in [2.05, 4.69) is 0 Å². The highest BCUT2D eigenvalue weighted by Gasteiger charge is 2.48. The fraction of sp³-hybridized carbons (Fsp3) is 0.300. The van der Waals surface area contributed by atoms with Gasteiger partial charge in [-0.3, -0.25) is 9.59 Å². The van der Waals surface area contributed by atoms with Gasteiger partial charge in [-0.2, -0.15) is 0 Å². The van der Waals surface area contributed by atoms with Crippen molar-refractivity contribution >= 4 is 17.5 Å². The molecule has 134 valence electrons. The van der Waals surface area contributed by atoms with Crippen LogP contribution in [0.25, 0.3) is 0 Å². The van der Waals surface area contributed by atoms with E-state index in [1.54, 1.807) is 21.9 Å². The van der Waals surface area contributed by atoms with Gasteiger partial charge in [0.1, 0.15) is 11.6 Å². The molecule has 0 N–H and O–H groups in total. The molecule has 4 rings (SSSR count). The van der Waals surface area contributed by atoms with Crippen LogP contribution in [-0.4, -0.2) is 36.3 Å². The number of nitrogens with zero attached hydrogens (tertiary/aromatic N) is 2. The van der Waals surface area contributed by atoms with Gasteiger partial charge >= 0.3 is 0 Å². The summed E-state index contributed by atoms with van der Waals surface area (Å²) in [5.74, 6) is -0.870. The number of amides is 2. The normalized spacial score (nSPS) is 22.5. The Labute approximate surface area is 150 Å². The smallest absolute Gasteiger partial charge is 0.253 e. The van der Waals surface area contributed by atoms with Crippen LogP contribution >= 0.6 is 0 Å². The van der Waals surface area contributed by atoms with Crippen LogP contribution in [0, 0.1) is 17.0 Å². The number of likely N-dealkylation sites (tertiary alicyclic amines) is 1. The number of halogens is 2. The fourth-order valence-electron chi connectivity index (χ4n) is 3.91. The standard InChI is InChI=1S/C20H18F2N2O2/c21-15-3-1-14(2-4-15)19(26)23-10-9-20(12-23)11-18(25)24(13-20)17-7-5-16(22)6-8-17/h1-8H,9-13H2/t20-/m0/s1. The molecule has 2 aromatic rings. The second-order valence-electron chi connectivity index (χ2n) is 7.12. The predicted molar refractivity (Wildman–Crippen MR) is 92.7 cm³/mol. The number of rotatable bonds is 2. The molecule has 1 atom stereocenters. The predicted octanol–water partition coefficient (Wildman–Crippen LogP) is 3.23. The third kappa shape index (κ3) is 2.96. The average Bonchev–Trinajstić information content (AvgIpc) is 3.19. The first-order valence-electron chi connectivity index (χ1n) is 8.57. The van der Waals surface area contributed by atoms with Gasteiger partial charge in [0, 0.05) is 42.7 Å². The molecule has 1 spiro atoms. The van der Waals surface area contributed by atoms with Crippen molar-refractivity contribution in [3.8, 4) is 0 Å². The van der Waals surface area contributed by atoms with Crippen molar-refractivity contribution < 1.29 is 18.4 Å². The van der Waals surface area contributed by atoms with Gasteiger partial charge in [0.15, 0.2) is 0 Å². The molecule has 2 heterocycles. The molecule has 0 saturated carbocycles. The first-order chi connectivity index (χ1) is 12.5. The minimum atomic E-state index is -0.379. The van der Waals surface area contributed by atoms with E-state index in [4.69, 9.17) is 0 Å². The second kappa shape index (κ2) is 6.20. The SMILES string of the molecule is O=C(c1ccc(F)cc1)N1CC[C@]2(CC(=O)N(c3ccc(F)cc3)C2)C1. The molecule has 2 saturated heterocycles. The highest BCUT2D eigenvalue weighted by Crippen LogP contribution is 2.42. The van der Waals surface area contributed by atoms with Crippen LogP contribution in [0.2, 0.25) is 0 Å². The maximum atomic E-state index is 13.1. The Morgan fingerprint density at radius 3 is 2.19 bits per heavy atom. The summed E-state index contributed by atoms with van der Waals surface area (Å²) in [6.07, 6.45) is 1.11. The van der Waals surface area contributed by atoms with Crippen molar-refractivity contribution in [2.24, 2.45) is 5.41 Å². The summed E-state index contributed by atoms with van der Waals surface area (Å²) in [7, 11) is 0. The van der Waals surface area contributed by atoms with E-state index in [9.17, 15) is 18.4 Å². The Morgan fingerprint density at radius 1 is 0.923 bits per heavy atom. The lowest BCUT2D eigenvalue weighted by Crippen LogP contribution is -2.34. The molecule has 0 bridgehead atoms. The fourth-order valence-corrected chi connectivity index (χ4v) is 3.91. The molecule has 6 heteroatoms. The summed E-state index contributed by atoms with van der Waals surface area (Å²) >= 11 is 0. The van der Waals surface area contributed by atoms with Crippen LogP contribution in [0.5, 0.6) is 0 Å². The topological polar surface area (TPSA) is 40.6 Å². The summed E-state index contributed by atoms with van der Waals surface area (Å²) in [5, 5.41) is 0. The third-order valence-corrected chi connectivity index (χ3v) is 5.28. The van der Waals surface area contributed by atoms with Gasteiger partial charge in [-0.05, 0) is 55.0 Å². The van der Waals surface area contributed by atoms with Gasteiger partial charge in [0.05, 0.1) is 0 Å². The molecule has 2 amide bonds. The lowest BCUT2D eigenvalue weighted by molar-refractivity contribution is -0.117. The molecule has 0 aliphatic carbocycles. The first kappa shape index (κ1) is 16.7. The van der Waals surface area contributed by atoms with Gasteiger partial charge in [-0.1, -0.05) is 0 Å². The molecular weight excluding hydrogens is 338 g/mol. The Morgan fingerprint density at radius 2 is 1.54 bits per heavy atom. The van der Waals surface area contributed by atoms with E-state index in [1.807, 2.05) is 0 Å². The molecule has 0 aromatic heterocycles. The van der Waals surface area contributed by atoms with E-state index in [0.717, 1.165) is 6.42 Å². The van der Waals surface area contributed by atoms with Gasteiger partial charge < -0.3 is 9.80 Å². The Balaban J connectivity index is 1.49. The number of benzene rings is 2. The maximum Gasteiger partial charge on any atom is 0.253 e. The summed E-state index contributed by atoms with van der Waals surface area (Å²) in [6.45, 7) is 1.58. The largest absolute Gasteiger partial charge is 0.338 e. The zero-order valence-electron chi connectivity index (χ0n) is 14.1. The van der Waals surface area contributed by atoms with E-state index in [0.29, 0.717) is 37.3 Å². The van der Waals surface area contributed by atoms with E-state index in [-0.39, 0.29) is 28.9 Å². The molecule has 2 aliphatic heterocycles. The van der Waals surface area contributed by atoms with Crippen LogP contribution in [-0.2, 0) is 4.79 Å². The minimum absolute atomic E-state index is 0.00677. The highest BCUT2D eigenvalue weighted by atomic mass is 19.1. The second-order valence-corrected chi connectivity index (χ2v) is 7.12. The zero-order chi connectivity index (χ0) is 18.3.